The summed E-state index contributed by atoms with van der Waals surface area (Å²) in [6, 6.07) is 5.35. The fourth-order valence-corrected chi connectivity index (χ4v) is 4.20. The molecule has 0 amide bonds. The summed E-state index contributed by atoms with van der Waals surface area (Å²) in [5.41, 5.74) is -0.299. The number of hydrogen-bond acceptors (Lipinski definition) is 5. The summed E-state index contributed by atoms with van der Waals surface area (Å²) in [4.78, 5) is 4.12. The van der Waals surface area contributed by atoms with E-state index in [9.17, 15) is 22.3 Å². The van der Waals surface area contributed by atoms with Crippen LogP contribution in [0.4, 0.5) is 20.3 Å². The molecule has 26 heavy (non-hydrogen) atoms. The number of benzene rings is 1. The van der Waals surface area contributed by atoms with Crippen molar-refractivity contribution in [3.8, 4) is 0 Å². The van der Waals surface area contributed by atoms with Crippen LogP contribution in [-0.2, 0) is 10.0 Å². The molecule has 0 radical (unpaired) electrons. The molecule has 0 bridgehead atoms. The van der Waals surface area contributed by atoms with Crippen LogP contribution in [0.3, 0.4) is 0 Å². The lowest BCUT2D eigenvalue weighted by Gasteiger charge is -2.21. The molecule has 9 heteroatoms. The van der Waals surface area contributed by atoms with E-state index in [1.54, 1.807) is 25.3 Å². The molecule has 1 aliphatic heterocycles. The average molecular weight is 383 g/mol. The predicted octanol–water partition coefficient (Wildman–Crippen LogP) is 2.75. The van der Waals surface area contributed by atoms with E-state index in [-0.39, 0.29) is 18.0 Å². The fourth-order valence-electron chi connectivity index (χ4n) is 3.07. The highest BCUT2D eigenvalue weighted by molar-refractivity contribution is 7.92. The minimum absolute atomic E-state index is 0.187. The normalized spacial score (nSPS) is 17.5. The first kappa shape index (κ1) is 18.5. The van der Waals surface area contributed by atoms with Crippen molar-refractivity contribution < 1.29 is 22.3 Å². The van der Waals surface area contributed by atoms with E-state index in [4.69, 9.17) is 0 Å². The summed E-state index contributed by atoms with van der Waals surface area (Å²) in [6.45, 7) is 1.94. The number of nitrogens with one attached hydrogen (secondary N) is 2. The van der Waals surface area contributed by atoms with Gasteiger partial charge in [-0.15, -0.1) is 0 Å². The van der Waals surface area contributed by atoms with Crippen molar-refractivity contribution in [2.45, 2.75) is 25.4 Å². The first-order chi connectivity index (χ1) is 12.3. The zero-order valence-electron chi connectivity index (χ0n) is 14.0. The number of fused-ring (bicyclic) bond motifs is 1. The zero-order chi connectivity index (χ0) is 18.9. The monoisotopic (exact) mass is 383 g/mol. The number of aliphatic hydroxyl groups excluding tert-OH is 1. The number of halogens is 2. The topological polar surface area (TPSA) is 91.3 Å². The van der Waals surface area contributed by atoms with Crippen LogP contribution in [0, 0.1) is 11.6 Å². The lowest BCUT2D eigenvalue weighted by atomic mass is 9.91. The van der Waals surface area contributed by atoms with Crippen molar-refractivity contribution in [1.82, 2.24) is 4.98 Å². The lowest BCUT2D eigenvalue weighted by molar-refractivity contribution is 0.143. The van der Waals surface area contributed by atoms with Crippen LogP contribution >= 0.6 is 0 Å². The fraction of sp³-hybridized carbons (Fsp3) is 0.353. The Morgan fingerprint density at radius 2 is 2.15 bits per heavy atom. The SMILES string of the molecule is CCCS(=O)(=O)Nc1ccc(F)c(C(O)C2CNc3ncccc32)c1F. The highest BCUT2D eigenvalue weighted by Crippen LogP contribution is 2.41. The van der Waals surface area contributed by atoms with Gasteiger partial charge in [0.15, 0.2) is 5.82 Å². The molecule has 1 aliphatic rings. The Morgan fingerprint density at radius 1 is 1.38 bits per heavy atom. The Kier molecular flexibility index (Phi) is 5.10. The highest BCUT2D eigenvalue weighted by atomic mass is 32.2. The molecule has 2 atom stereocenters. The number of pyridine rings is 1. The van der Waals surface area contributed by atoms with Crippen LogP contribution in [-0.4, -0.2) is 30.8 Å². The molecule has 2 heterocycles. The van der Waals surface area contributed by atoms with Gasteiger partial charge in [-0.3, -0.25) is 4.72 Å². The van der Waals surface area contributed by atoms with Crippen molar-refractivity contribution >= 4 is 21.5 Å². The van der Waals surface area contributed by atoms with Crippen molar-refractivity contribution in [1.29, 1.82) is 0 Å². The molecule has 140 valence electrons. The van der Waals surface area contributed by atoms with Gasteiger partial charge < -0.3 is 10.4 Å². The van der Waals surface area contributed by atoms with Crippen molar-refractivity contribution in [3.05, 3.63) is 53.2 Å². The van der Waals surface area contributed by atoms with E-state index in [0.717, 1.165) is 12.1 Å². The summed E-state index contributed by atoms with van der Waals surface area (Å²) >= 11 is 0. The number of anilines is 2. The van der Waals surface area contributed by atoms with Crippen molar-refractivity contribution in [2.75, 3.05) is 22.3 Å². The number of hydrogen-bond donors (Lipinski definition) is 3. The van der Waals surface area contributed by atoms with Gasteiger partial charge in [-0.05, 0) is 24.6 Å². The summed E-state index contributed by atoms with van der Waals surface area (Å²) < 4.78 is 55.0. The number of aliphatic hydroxyl groups is 1. The molecular weight excluding hydrogens is 364 g/mol. The highest BCUT2D eigenvalue weighted by Gasteiger charge is 2.34. The number of aromatic nitrogens is 1. The summed E-state index contributed by atoms with van der Waals surface area (Å²) in [6.07, 6.45) is 0.430. The Labute approximate surface area is 150 Å². The lowest BCUT2D eigenvalue weighted by Crippen LogP contribution is -2.20. The Bertz CT molecular complexity index is 921. The molecule has 1 aromatic carbocycles. The number of rotatable bonds is 6. The first-order valence-corrected chi connectivity index (χ1v) is 9.84. The van der Waals surface area contributed by atoms with E-state index in [1.807, 2.05) is 0 Å². The molecular formula is C17H19F2N3O3S. The van der Waals surface area contributed by atoms with E-state index in [2.05, 4.69) is 15.0 Å². The second-order valence-corrected chi connectivity index (χ2v) is 7.96. The third kappa shape index (κ3) is 3.49. The molecule has 1 aromatic heterocycles. The second kappa shape index (κ2) is 7.16. The number of sulfonamides is 1. The van der Waals surface area contributed by atoms with Crippen LogP contribution in [0.1, 0.15) is 36.5 Å². The van der Waals surface area contributed by atoms with Crippen LogP contribution in [0.2, 0.25) is 0 Å². The van der Waals surface area contributed by atoms with E-state index >= 15 is 0 Å². The van der Waals surface area contributed by atoms with E-state index < -0.39 is 39.2 Å². The first-order valence-electron chi connectivity index (χ1n) is 8.19. The predicted molar refractivity (Wildman–Crippen MR) is 94.5 cm³/mol. The van der Waals surface area contributed by atoms with Crippen LogP contribution in [0.5, 0.6) is 0 Å². The third-order valence-corrected chi connectivity index (χ3v) is 5.75. The average Bonchev–Trinajstić information content (AvgIpc) is 3.01. The minimum Gasteiger partial charge on any atom is -0.387 e. The summed E-state index contributed by atoms with van der Waals surface area (Å²) in [5.74, 6) is -2.30. The van der Waals surface area contributed by atoms with Gasteiger partial charge in [-0.1, -0.05) is 13.0 Å². The zero-order valence-corrected chi connectivity index (χ0v) is 14.9. The quantitative estimate of drug-likeness (QED) is 0.714. The maximum Gasteiger partial charge on any atom is 0.232 e. The van der Waals surface area contributed by atoms with E-state index in [0.29, 0.717) is 17.8 Å². The molecule has 0 spiro atoms. The standard InChI is InChI=1S/C17H19F2N3O3S/c1-2-8-26(24,25)22-13-6-5-12(18)14(15(13)19)16(23)11-9-21-17-10(11)4-3-7-20-17/h3-7,11,16,22-23H,2,8-9H2,1H3,(H,20,21). The molecule has 2 unspecified atom stereocenters. The van der Waals surface area contributed by atoms with Crippen LogP contribution in [0.15, 0.2) is 30.5 Å². The maximum atomic E-state index is 14.8. The Morgan fingerprint density at radius 3 is 2.88 bits per heavy atom. The molecule has 0 saturated carbocycles. The Hall–Kier alpha value is -2.26. The largest absolute Gasteiger partial charge is 0.387 e. The molecule has 0 fully saturated rings. The Balaban J connectivity index is 1.96. The molecule has 3 rings (SSSR count). The molecule has 0 aliphatic carbocycles. The maximum absolute atomic E-state index is 14.8. The molecule has 0 saturated heterocycles. The van der Waals surface area contributed by atoms with Crippen LogP contribution in [0.25, 0.3) is 0 Å². The van der Waals surface area contributed by atoms with Gasteiger partial charge in [-0.2, -0.15) is 0 Å². The smallest absolute Gasteiger partial charge is 0.232 e. The third-order valence-electron chi connectivity index (χ3n) is 4.27. The van der Waals surface area contributed by atoms with Crippen molar-refractivity contribution in [2.24, 2.45) is 0 Å². The van der Waals surface area contributed by atoms with Crippen LogP contribution < -0.4 is 10.0 Å². The van der Waals surface area contributed by atoms with Crippen molar-refractivity contribution in [3.63, 3.8) is 0 Å². The van der Waals surface area contributed by atoms with Gasteiger partial charge in [0.05, 0.1) is 23.1 Å². The summed E-state index contributed by atoms with van der Waals surface area (Å²) in [5, 5.41) is 13.6. The minimum atomic E-state index is -3.75. The van der Waals surface area contributed by atoms with Gasteiger partial charge >= 0.3 is 0 Å². The van der Waals surface area contributed by atoms with Gasteiger partial charge in [0.25, 0.3) is 0 Å². The van der Waals surface area contributed by atoms with Gasteiger partial charge in [0.1, 0.15) is 11.6 Å². The molecule has 3 N–H and O–H groups in total. The molecule has 6 nitrogen and oxygen atoms in total. The molecule has 2 aromatic rings. The number of nitrogens with zero attached hydrogens (tertiary/aromatic N) is 1. The van der Waals surface area contributed by atoms with Gasteiger partial charge in [0, 0.05) is 24.2 Å². The van der Waals surface area contributed by atoms with E-state index in [1.165, 1.54) is 0 Å². The van der Waals surface area contributed by atoms with Gasteiger partial charge in [-0.25, -0.2) is 22.2 Å². The van der Waals surface area contributed by atoms with Gasteiger partial charge in [0.2, 0.25) is 10.0 Å². The summed E-state index contributed by atoms with van der Waals surface area (Å²) in [7, 11) is -3.75. The second-order valence-electron chi connectivity index (χ2n) is 6.12.